The Hall–Kier alpha value is -3.61. The molecular formula is C29H34F3N3O6S. The Labute approximate surface area is 242 Å². The van der Waals surface area contributed by atoms with Crippen LogP contribution in [0.3, 0.4) is 0 Å². The lowest BCUT2D eigenvalue weighted by Crippen LogP contribution is -2.44. The summed E-state index contributed by atoms with van der Waals surface area (Å²) >= 11 is 0. The summed E-state index contributed by atoms with van der Waals surface area (Å²) < 4.78 is 72.1. The van der Waals surface area contributed by atoms with E-state index in [1.165, 1.54) is 47.4 Å². The van der Waals surface area contributed by atoms with E-state index in [4.69, 9.17) is 4.74 Å². The molecule has 13 heteroatoms. The molecule has 1 aliphatic carbocycles. The summed E-state index contributed by atoms with van der Waals surface area (Å²) in [5, 5.41) is 5.24. The first-order chi connectivity index (χ1) is 19.3. The maximum atomic E-state index is 14.2. The van der Waals surface area contributed by atoms with Gasteiger partial charge in [0, 0.05) is 24.4 Å². The number of alkyl halides is 3. The number of nitrogens with one attached hydrogen (secondary N) is 2. The number of hydrogen-bond acceptors (Lipinski definition) is 6. The number of rotatable bonds is 7. The SMILES string of the molecule is CC(C)(C)OC(=O)N1Cc2cc(S(C)(=O)=O)ccc2C1C(=O)Nc1ccc(C(C)(CC(=O)NC2CC2)C(F)(F)F)cc1. The first-order valence-electron chi connectivity index (χ1n) is 13.4. The molecule has 228 valence electrons. The Morgan fingerprint density at radius 2 is 1.62 bits per heavy atom. The molecule has 1 saturated carbocycles. The van der Waals surface area contributed by atoms with Gasteiger partial charge in [0.2, 0.25) is 5.91 Å². The molecule has 9 nitrogen and oxygen atoms in total. The summed E-state index contributed by atoms with van der Waals surface area (Å²) in [6.45, 7) is 5.87. The topological polar surface area (TPSA) is 122 Å². The van der Waals surface area contributed by atoms with E-state index in [0.29, 0.717) is 11.1 Å². The van der Waals surface area contributed by atoms with E-state index >= 15 is 0 Å². The maximum absolute atomic E-state index is 14.2. The monoisotopic (exact) mass is 609 g/mol. The van der Waals surface area contributed by atoms with Crippen molar-refractivity contribution in [1.82, 2.24) is 10.2 Å². The zero-order valence-corrected chi connectivity index (χ0v) is 24.8. The lowest BCUT2D eigenvalue weighted by atomic mass is 9.78. The van der Waals surface area contributed by atoms with Crippen LogP contribution in [0.1, 0.15) is 69.7 Å². The molecule has 1 fully saturated rings. The standard InChI is InChI=1S/C29H34F3N3O6S/c1-27(2,3)41-26(38)35-16-17-14-21(42(5,39)40)12-13-22(17)24(35)25(37)34-20-8-6-18(7-9-20)28(4,29(30,31)32)15-23(36)33-19-10-11-19/h6-9,12-14,19,24H,10-11,15-16H2,1-5H3,(H,33,36)(H,34,37). The molecule has 0 saturated heterocycles. The first-order valence-corrected chi connectivity index (χ1v) is 15.3. The van der Waals surface area contributed by atoms with Gasteiger partial charge in [-0.15, -0.1) is 0 Å². The fourth-order valence-electron chi connectivity index (χ4n) is 4.76. The molecule has 4 rings (SSSR count). The maximum Gasteiger partial charge on any atom is 0.411 e. The highest BCUT2D eigenvalue weighted by Gasteiger charge is 2.53. The van der Waals surface area contributed by atoms with Crippen LogP contribution >= 0.6 is 0 Å². The van der Waals surface area contributed by atoms with Gasteiger partial charge in [-0.25, -0.2) is 13.2 Å². The molecule has 2 aromatic carbocycles. The second kappa shape index (κ2) is 10.9. The van der Waals surface area contributed by atoms with E-state index in [1.54, 1.807) is 20.8 Å². The van der Waals surface area contributed by atoms with Gasteiger partial charge in [-0.3, -0.25) is 14.5 Å². The minimum absolute atomic E-state index is 0.0283. The number of fused-ring (bicyclic) bond motifs is 1. The van der Waals surface area contributed by atoms with Gasteiger partial charge in [0.05, 0.1) is 16.9 Å². The lowest BCUT2D eigenvalue weighted by Gasteiger charge is -2.32. The molecule has 0 radical (unpaired) electrons. The molecule has 1 heterocycles. The fourth-order valence-corrected chi connectivity index (χ4v) is 5.43. The molecule has 2 atom stereocenters. The van der Waals surface area contributed by atoms with Crippen molar-refractivity contribution in [1.29, 1.82) is 0 Å². The van der Waals surface area contributed by atoms with Gasteiger partial charge in [-0.2, -0.15) is 13.2 Å². The van der Waals surface area contributed by atoms with Crippen LogP contribution in [0.5, 0.6) is 0 Å². The Morgan fingerprint density at radius 1 is 1.00 bits per heavy atom. The van der Waals surface area contributed by atoms with Crippen LogP contribution in [0.25, 0.3) is 0 Å². The zero-order valence-electron chi connectivity index (χ0n) is 24.0. The highest BCUT2D eigenvalue weighted by molar-refractivity contribution is 7.90. The Bertz CT molecular complexity index is 1500. The van der Waals surface area contributed by atoms with Crippen molar-refractivity contribution >= 4 is 33.4 Å². The van der Waals surface area contributed by atoms with E-state index < -0.39 is 57.4 Å². The summed E-state index contributed by atoms with van der Waals surface area (Å²) in [6.07, 6.45) is -3.74. The van der Waals surface area contributed by atoms with Crippen LogP contribution in [0.2, 0.25) is 0 Å². The van der Waals surface area contributed by atoms with Gasteiger partial charge in [0.25, 0.3) is 5.91 Å². The van der Waals surface area contributed by atoms with Gasteiger partial charge in [0.1, 0.15) is 11.6 Å². The van der Waals surface area contributed by atoms with E-state index in [9.17, 15) is 36.0 Å². The van der Waals surface area contributed by atoms with Crippen molar-refractivity contribution in [2.24, 2.45) is 0 Å². The summed E-state index contributed by atoms with van der Waals surface area (Å²) in [4.78, 5) is 40.1. The van der Waals surface area contributed by atoms with Gasteiger partial charge in [0.15, 0.2) is 9.84 Å². The minimum atomic E-state index is -4.72. The number of amides is 3. The van der Waals surface area contributed by atoms with Gasteiger partial charge in [-0.1, -0.05) is 18.2 Å². The summed E-state index contributed by atoms with van der Waals surface area (Å²) in [7, 11) is -3.56. The van der Waals surface area contributed by atoms with Crippen molar-refractivity contribution in [2.75, 3.05) is 11.6 Å². The smallest absolute Gasteiger partial charge is 0.411 e. The molecule has 0 bridgehead atoms. The molecule has 3 amide bonds. The fraction of sp³-hybridized carbons (Fsp3) is 0.483. The molecular weight excluding hydrogens is 575 g/mol. The number of halogens is 3. The van der Waals surface area contributed by atoms with Crippen molar-refractivity contribution in [3.8, 4) is 0 Å². The average molecular weight is 610 g/mol. The third kappa shape index (κ3) is 6.88. The molecule has 2 aliphatic rings. The average Bonchev–Trinajstić information content (AvgIpc) is 3.57. The number of ether oxygens (including phenoxy) is 1. The second-order valence-corrected chi connectivity index (χ2v) is 14.1. The minimum Gasteiger partial charge on any atom is -0.444 e. The van der Waals surface area contributed by atoms with Crippen molar-refractivity contribution in [2.45, 2.75) is 87.7 Å². The van der Waals surface area contributed by atoms with Crippen LogP contribution in [0, 0.1) is 0 Å². The van der Waals surface area contributed by atoms with Crippen LogP contribution in [0.15, 0.2) is 47.4 Å². The normalized spacial score (nSPS) is 18.6. The van der Waals surface area contributed by atoms with Gasteiger partial charge in [-0.05, 0) is 81.5 Å². The third-order valence-electron chi connectivity index (χ3n) is 7.24. The molecule has 0 spiro atoms. The number of anilines is 1. The molecule has 42 heavy (non-hydrogen) atoms. The van der Waals surface area contributed by atoms with Crippen LogP contribution in [-0.2, 0) is 36.1 Å². The highest BCUT2D eigenvalue weighted by atomic mass is 32.2. The molecule has 2 N–H and O–H groups in total. The number of sulfone groups is 1. The molecule has 0 aromatic heterocycles. The highest BCUT2D eigenvalue weighted by Crippen LogP contribution is 2.44. The summed E-state index contributed by atoms with van der Waals surface area (Å²) in [6, 6.07) is 7.97. The number of nitrogens with zero attached hydrogens (tertiary/aromatic N) is 1. The Morgan fingerprint density at radius 3 is 2.14 bits per heavy atom. The van der Waals surface area contributed by atoms with Gasteiger partial charge >= 0.3 is 12.3 Å². The van der Waals surface area contributed by atoms with E-state index in [0.717, 1.165) is 26.0 Å². The van der Waals surface area contributed by atoms with Crippen LogP contribution in [0.4, 0.5) is 23.7 Å². The number of carbonyl (C=O) groups is 3. The van der Waals surface area contributed by atoms with E-state index in [2.05, 4.69) is 10.6 Å². The predicted octanol–water partition coefficient (Wildman–Crippen LogP) is 5.01. The van der Waals surface area contributed by atoms with Crippen LogP contribution in [-0.4, -0.2) is 55.3 Å². The van der Waals surface area contributed by atoms with Crippen LogP contribution < -0.4 is 10.6 Å². The quantitative estimate of drug-likeness (QED) is 0.455. The lowest BCUT2D eigenvalue weighted by molar-refractivity contribution is -0.189. The number of hydrogen-bond donors (Lipinski definition) is 2. The summed E-state index contributed by atoms with van der Waals surface area (Å²) in [5.41, 5.74) is -2.46. The molecule has 1 aliphatic heterocycles. The predicted molar refractivity (Wildman–Crippen MR) is 148 cm³/mol. The third-order valence-corrected chi connectivity index (χ3v) is 8.35. The number of benzene rings is 2. The van der Waals surface area contributed by atoms with E-state index in [1.807, 2.05) is 0 Å². The summed E-state index contributed by atoms with van der Waals surface area (Å²) in [5.74, 6) is -1.35. The van der Waals surface area contributed by atoms with E-state index in [-0.39, 0.29) is 28.7 Å². The zero-order chi connectivity index (χ0) is 31.3. The number of carbonyl (C=O) groups excluding carboxylic acids is 3. The Kier molecular flexibility index (Phi) is 8.13. The van der Waals surface area contributed by atoms with Gasteiger partial charge < -0.3 is 15.4 Å². The largest absolute Gasteiger partial charge is 0.444 e. The Balaban J connectivity index is 1.59. The molecule has 2 aromatic rings. The van der Waals surface area contributed by atoms with Crippen molar-refractivity contribution in [3.63, 3.8) is 0 Å². The second-order valence-electron chi connectivity index (χ2n) is 12.1. The molecule has 2 unspecified atom stereocenters. The van der Waals surface area contributed by atoms with Crippen molar-refractivity contribution < 1.29 is 40.7 Å². The van der Waals surface area contributed by atoms with Crippen molar-refractivity contribution in [3.05, 3.63) is 59.2 Å². The first kappa shape index (κ1) is 31.3.